The number of aromatic nitrogens is 2. The van der Waals surface area contributed by atoms with E-state index in [0.717, 1.165) is 18.7 Å². The molecule has 1 saturated heterocycles. The van der Waals surface area contributed by atoms with Crippen molar-refractivity contribution in [3.8, 4) is 0 Å². The minimum absolute atomic E-state index is 0.374. The van der Waals surface area contributed by atoms with Gasteiger partial charge in [0.15, 0.2) is 5.15 Å². The molecule has 2 rings (SSSR count). The van der Waals surface area contributed by atoms with E-state index in [1.54, 1.807) is 6.07 Å². The lowest BCUT2D eigenvalue weighted by molar-refractivity contribution is 0.403. The standard InChI is InChI=1S/C9H12ClN3/c10-9-5-4-8(12-13-9)7-3-1-2-6-11-7/h4-5,7,11H,1-3,6H2. The molecule has 1 aromatic rings. The summed E-state index contributed by atoms with van der Waals surface area (Å²) in [5.41, 5.74) is 1.00. The molecule has 0 spiro atoms. The second kappa shape index (κ2) is 4.03. The van der Waals surface area contributed by atoms with Crippen LogP contribution in [0.5, 0.6) is 0 Å². The van der Waals surface area contributed by atoms with Crippen molar-refractivity contribution in [3.05, 3.63) is 23.0 Å². The van der Waals surface area contributed by atoms with Crippen LogP contribution in [-0.4, -0.2) is 16.7 Å². The first-order chi connectivity index (χ1) is 6.36. The Bertz CT molecular complexity index is 267. The first-order valence-corrected chi connectivity index (χ1v) is 4.96. The molecular weight excluding hydrogens is 186 g/mol. The lowest BCUT2D eigenvalue weighted by Crippen LogP contribution is -2.27. The quantitative estimate of drug-likeness (QED) is 0.748. The maximum atomic E-state index is 5.66. The van der Waals surface area contributed by atoms with Crippen molar-refractivity contribution in [1.29, 1.82) is 0 Å². The van der Waals surface area contributed by atoms with Gasteiger partial charge in [-0.1, -0.05) is 18.0 Å². The van der Waals surface area contributed by atoms with E-state index < -0.39 is 0 Å². The number of piperidine rings is 1. The van der Waals surface area contributed by atoms with Crippen LogP contribution in [-0.2, 0) is 0 Å². The van der Waals surface area contributed by atoms with Crippen molar-refractivity contribution in [3.63, 3.8) is 0 Å². The minimum Gasteiger partial charge on any atom is -0.309 e. The third kappa shape index (κ3) is 2.17. The summed E-state index contributed by atoms with van der Waals surface area (Å²) in [5.74, 6) is 0. The fourth-order valence-electron chi connectivity index (χ4n) is 1.62. The zero-order valence-electron chi connectivity index (χ0n) is 7.33. The highest BCUT2D eigenvalue weighted by Crippen LogP contribution is 2.20. The van der Waals surface area contributed by atoms with Crippen LogP contribution in [0.4, 0.5) is 0 Å². The van der Waals surface area contributed by atoms with E-state index in [9.17, 15) is 0 Å². The highest BCUT2D eigenvalue weighted by molar-refractivity contribution is 6.29. The Morgan fingerprint density at radius 2 is 2.23 bits per heavy atom. The Labute approximate surface area is 82.5 Å². The minimum atomic E-state index is 0.374. The van der Waals surface area contributed by atoms with Gasteiger partial charge in [-0.15, -0.1) is 5.10 Å². The SMILES string of the molecule is Clc1ccc(C2CCCCN2)nn1. The van der Waals surface area contributed by atoms with Crippen LogP contribution < -0.4 is 5.32 Å². The average molecular weight is 198 g/mol. The summed E-state index contributed by atoms with van der Waals surface area (Å²) in [5, 5.41) is 11.8. The van der Waals surface area contributed by atoms with E-state index >= 15 is 0 Å². The third-order valence-corrected chi connectivity index (χ3v) is 2.52. The normalized spacial score (nSPS) is 23.0. The van der Waals surface area contributed by atoms with E-state index in [0.29, 0.717) is 11.2 Å². The zero-order valence-corrected chi connectivity index (χ0v) is 8.09. The fraction of sp³-hybridized carbons (Fsp3) is 0.556. The van der Waals surface area contributed by atoms with Gasteiger partial charge in [-0.3, -0.25) is 0 Å². The van der Waals surface area contributed by atoms with Crippen LogP contribution >= 0.6 is 11.6 Å². The summed E-state index contributed by atoms with van der Waals surface area (Å²) < 4.78 is 0. The molecule has 13 heavy (non-hydrogen) atoms. The maximum Gasteiger partial charge on any atom is 0.151 e. The van der Waals surface area contributed by atoms with Crippen LogP contribution in [0, 0.1) is 0 Å². The van der Waals surface area contributed by atoms with Crippen LogP contribution in [0.1, 0.15) is 31.0 Å². The molecule has 2 heterocycles. The van der Waals surface area contributed by atoms with Crippen molar-refractivity contribution in [2.24, 2.45) is 0 Å². The first-order valence-electron chi connectivity index (χ1n) is 4.59. The molecule has 1 aliphatic heterocycles. The summed E-state index contributed by atoms with van der Waals surface area (Å²) in [6, 6.07) is 4.11. The van der Waals surface area contributed by atoms with Crippen molar-refractivity contribution >= 4 is 11.6 Å². The van der Waals surface area contributed by atoms with E-state index in [4.69, 9.17) is 11.6 Å². The second-order valence-corrected chi connectivity index (χ2v) is 3.67. The summed E-state index contributed by atoms with van der Waals surface area (Å²) in [6.07, 6.45) is 3.68. The van der Waals surface area contributed by atoms with Gasteiger partial charge in [0, 0.05) is 0 Å². The fourth-order valence-corrected chi connectivity index (χ4v) is 1.72. The topological polar surface area (TPSA) is 37.8 Å². The smallest absolute Gasteiger partial charge is 0.151 e. The number of hydrogen-bond acceptors (Lipinski definition) is 3. The molecule has 0 saturated carbocycles. The van der Waals surface area contributed by atoms with Gasteiger partial charge < -0.3 is 5.32 Å². The van der Waals surface area contributed by atoms with E-state index in [1.165, 1.54) is 12.8 Å². The number of nitrogens with one attached hydrogen (secondary N) is 1. The molecule has 0 aromatic carbocycles. The predicted octanol–water partition coefficient (Wildman–Crippen LogP) is 1.94. The molecule has 1 N–H and O–H groups in total. The van der Waals surface area contributed by atoms with Gasteiger partial charge in [0.1, 0.15) is 0 Å². The molecule has 0 bridgehead atoms. The zero-order chi connectivity index (χ0) is 9.10. The molecule has 0 aliphatic carbocycles. The number of rotatable bonds is 1. The number of hydrogen-bond donors (Lipinski definition) is 1. The molecule has 0 amide bonds. The predicted molar refractivity (Wildman–Crippen MR) is 51.6 cm³/mol. The van der Waals surface area contributed by atoms with Crippen molar-refractivity contribution < 1.29 is 0 Å². The van der Waals surface area contributed by atoms with Crippen LogP contribution in [0.3, 0.4) is 0 Å². The Balaban J connectivity index is 2.10. The molecule has 1 aliphatic rings. The van der Waals surface area contributed by atoms with Gasteiger partial charge in [0.25, 0.3) is 0 Å². The second-order valence-electron chi connectivity index (χ2n) is 3.28. The Morgan fingerprint density at radius 1 is 1.31 bits per heavy atom. The van der Waals surface area contributed by atoms with E-state index in [-0.39, 0.29) is 0 Å². The monoisotopic (exact) mass is 197 g/mol. The van der Waals surface area contributed by atoms with E-state index in [2.05, 4.69) is 15.5 Å². The van der Waals surface area contributed by atoms with Gasteiger partial charge in [-0.2, -0.15) is 5.10 Å². The van der Waals surface area contributed by atoms with Gasteiger partial charge in [0.2, 0.25) is 0 Å². The van der Waals surface area contributed by atoms with Gasteiger partial charge in [-0.25, -0.2) is 0 Å². The van der Waals surface area contributed by atoms with Crippen molar-refractivity contribution in [1.82, 2.24) is 15.5 Å². The summed E-state index contributed by atoms with van der Waals surface area (Å²) in [7, 11) is 0. The van der Waals surface area contributed by atoms with Crippen LogP contribution in [0.25, 0.3) is 0 Å². The largest absolute Gasteiger partial charge is 0.309 e. The van der Waals surface area contributed by atoms with Crippen LogP contribution in [0.2, 0.25) is 5.15 Å². The van der Waals surface area contributed by atoms with Crippen LogP contribution in [0.15, 0.2) is 12.1 Å². The Morgan fingerprint density at radius 3 is 2.85 bits per heavy atom. The highest BCUT2D eigenvalue weighted by atomic mass is 35.5. The number of halogens is 1. The maximum absolute atomic E-state index is 5.66. The highest BCUT2D eigenvalue weighted by Gasteiger charge is 2.15. The van der Waals surface area contributed by atoms with E-state index in [1.807, 2.05) is 6.07 Å². The molecule has 1 atom stereocenters. The molecule has 1 aromatic heterocycles. The molecule has 1 fully saturated rings. The summed E-state index contributed by atoms with van der Waals surface area (Å²) >= 11 is 5.66. The molecule has 0 radical (unpaired) electrons. The molecule has 70 valence electrons. The molecular formula is C9H12ClN3. The average Bonchev–Trinajstić information content (AvgIpc) is 2.20. The Hall–Kier alpha value is -0.670. The summed E-state index contributed by atoms with van der Waals surface area (Å²) in [6.45, 7) is 1.08. The third-order valence-electron chi connectivity index (χ3n) is 2.32. The number of nitrogens with zero attached hydrogens (tertiary/aromatic N) is 2. The van der Waals surface area contributed by atoms with Gasteiger partial charge in [0.05, 0.1) is 11.7 Å². The van der Waals surface area contributed by atoms with Gasteiger partial charge in [-0.05, 0) is 31.5 Å². The van der Waals surface area contributed by atoms with Crippen molar-refractivity contribution in [2.45, 2.75) is 25.3 Å². The Kier molecular flexibility index (Phi) is 2.76. The van der Waals surface area contributed by atoms with Crippen molar-refractivity contribution in [2.75, 3.05) is 6.54 Å². The first kappa shape index (κ1) is 8.91. The molecule has 3 nitrogen and oxygen atoms in total. The summed E-state index contributed by atoms with van der Waals surface area (Å²) in [4.78, 5) is 0. The lowest BCUT2D eigenvalue weighted by atomic mass is 10.0. The molecule has 1 unspecified atom stereocenters. The molecule has 4 heteroatoms. The lowest BCUT2D eigenvalue weighted by Gasteiger charge is -2.22. The van der Waals surface area contributed by atoms with Gasteiger partial charge >= 0.3 is 0 Å².